The molecule has 1 aromatic rings. The standard InChI is InChI=1S/C14H21NO2/c1-4-12-5-7-13(8-6-12)14(17)11(2)15(3)9-10-16/h5-8,11,16H,4,9-10H2,1-3H3. The van der Waals surface area contributed by atoms with Crippen LogP contribution in [0.3, 0.4) is 0 Å². The quantitative estimate of drug-likeness (QED) is 0.764. The van der Waals surface area contributed by atoms with Gasteiger partial charge in [-0.25, -0.2) is 0 Å². The number of Topliss-reactive ketones (excluding diaryl/α,β-unsaturated/α-hetero) is 1. The van der Waals surface area contributed by atoms with Crippen LogP contribution in [0.25, 0.3) is 0 Å². The van der Waals surface area contributed by atoms with Crippen molar-refractivity contribution < 1.29 is 9.90 Å². The van der Waals surface area contributed by atoms with Crippen LogP contribution in [0, 0.1) is 0 Å². The molecule has 0 aliphatic rings. The topological polar surface area (TPSA) is 40.5 Å². The van der Waals surface area contributed by atoms with Crippen molar-refractivity contribution in [2.24, 2.45) is 0 Å². The minimum atomic E-state index is -0.199. The molecule has 0 saturated carbocycles. The van der Waals surface area contributed by atoms with Gasteiger partial charge in [0.15, 0.2) is 5.78 Å². The van der Waals surface area contributed by atoms with E-state index in [1.165, 1.54) is 5.56 Å². The molecule has 3 nitrogen and oxygen atoms in total. The lowest BCUT2D eigenvalue weighted by molar-refractivity contribution is 0.0848. The van der Waals surface area contributed by atoms with Crippen LogP contribution >= 0.6 is 0 Å². The van der Waals surface area contributed by atoms with Gasteiger partial charge < -0.3 is 5.11 Å². The molecule has 3 heteroatoms. The fourth-order valence-corrected chi connectivity index (χ4v) is 1.70. The summed E-state index contributed by atoms with van der Waals surface area (Å²) in [5.41, 5.74) is 1.97. The molecule has 0 aliphatic heterocycles. The highest BCUT2D eigenvalue weighted by Gasteiger charge is 2.18. The van der Waals surface area contributed by atoms with E-state index in [0.717, 1.165) is 12.0 Å². The highest BCUT2D eigenvalue weighted by molar-refractivity contribution is 5.99. The van der Waals surface area contributed by atoms with E-state index in [9.17, 15) is 4.79 Å². The summed E-state index contributed by atoms with van der Waals surface area (Å²) in [4.78, 5) is 14.0. The van der Waals surface area contributed by atoms with Crippen LogP contribution in [-0.2, 0) is 6.42 Å². The molecule has 1 N–H and O–H groups in total. The summed E-state index contributed by atoms with van der Waals surface area (Å²) in [5.74, 6) is 0.101. The molecular formula is C14H21NO2. The number of hydrogen-bond acceptors (Lipinski definition) is 3. The first-order chi connectivity index (χ1) is 8.10. The summed E-state index contributed by atoms with van der Waals surface area (Å²) in [5, 5.41) is 8.85. The Labute approximate surface area is 103 Å². The number of hydrogen-bond donors (Lipinski definition) is 1. The third-order valence-corrected chi connectivity index (χ3v) is 3.14. The third kappa shape index (κ3) is 3.65. The summed E-state index contributed by atoms with van der Waals surface area (Å²) >= 11 is 0. The lowest BCUT2D eigenvalue weighted by atomic mass is 10.0. The normalized spacial score (nSPS) is 12.8. The zero-order valence-corrected chi connectivity index (χ0v) is 10.8. The molecule has 1 unspecified atom stereocenters. The van der Waals surface area contributed by atoms with Gasteiger partial charge in [-0.2, -0.15) is 0 Å². The van der Waals surface area contributed by atoms with E-state index >= 15 is 0 Å². The maximum atomic E-state index is 12.1. The maximum Gasteiger partial charge on any atom is 0.179 e. The van der Waals surface area contributed by atoms with Gasteiger partial charge in [0.2, 0.25) is 0 Å². The highest BCUT2D eigenvalue weighted by atomic mass is 16.3. The van der Waals surface area contributed by atoms with Crippen molar-refractivity contribution >= 4 is 5.78 Å². The average molecular weight is 235 g/mol. The molecule has 1 rings (SSSR count). The monoisotopic (exact) mass is 235 g/mol. The van der Waals surface area contributed by atoms with E-state index in [2.05, 4.69) is 6.92 Å². The second-order valence-electron chi connectivity index (χ2n) is 4.29. The molecule has 0 aromatic heterocycles. The molecule has 94 valence electrons. The lowest BCUT2D eigenvalue weighted by Crippen LogP contribution is -2.37. The predicted octanol–water partition coefficient (Wildman–Crippen LogP) is 1.74. The molecule has 1 atom stereocenters. The molecule has 0 fully saturated rings. The number of carbonyl (C=O) groups excluding carboxylic acids is 1. The maximum absolute atomic E-state index is 12.1. The van der Waals surface area contributed by atoms with Crippen LogP contribution < -0.4 is 0 Å². The van der Waals surface area contributed by atoms with Gasteiger partial charge in [0.25, 0.3) is 0 Å². The Bertz CT molecular complexity index is 359. The summed E-state index contributed by atoms with van der Waals surface area (Å²) in [7, 11) is 1.85. The molecule has 0 aliphatic carbocycles. The Morgan fingerprint density at radius 3 is 2.41 bits per heavy atom. The summed E-state index contributed by atoms with van der Waals surface area (Å²) < 4.78 is 0. The zero-order valence-electron chi connectivity index (χ0n) is 10.8. The van der Waals surface area contributed by atoms with Crippen molar-refractivity contribution in [2.45, 2.75) is 26.3 Å². The number of aliphatic hydroxyl groups excluding tert-OH is 1. The largest absolute Gasteiger partial charge is 0.395 e. The smallest absolute Gasteiger partial charge is 0.179 e. The van der Waals surface area contributed by atoms with Gasteiger partial charge in [-0.3, -0.25) is 9.69 Å². The first-order valence-corrected chi connectivity index (χ1v) is 6.04. The van der Waals surface area contributed by atoms with Crippen molar-refractivity contribution in [1.29, 1.82) is 0 Å². The molecular weight excluding hydrogens is 214 g/mol. The number of benzene rings is 1. The van der Waals surface area contributed by atoms with Gasteiger partial charge >= 0.3 is 0 Å². The molecule has 1 aromatic carbocycles. The molecule has 0 radical (unpaired) electrons. The number of nitrogens with zero attached hydrogens (tertiary/aromatic N) is 1. The SMILES string of the molecule is CCc1ccc(C(=O)C(C)N(C)CCO)cc1. The van der Waals surface area contributed by atoms with E-state index < -0.39 is 0 Å². The first kappa shape index (κ1) is 13.9. The van der Waals surface area contributed by atoms with Crippen LogP contribution in [0.5, 0.6) is 0 Å². The molecule has 0 amide bonds. The van der Waals surface area contributed by atoms with E-state index in [4.69, 9.17) is 5.11 Å². The number of ketones is 1. The number of aliphatic hydroxyl groups is 1. The van der Waals surface area contributed by atoms with E-state index in [-0.39, 0.29) is 18.4 Å². The van der Waals surface area contributed by atoms with Gasteiger partial charge in [0, 0.05) is 12.1 Å². The van der Waals surface area contributed by atoms with Gasteiger partial charge in [-0.1, -0.05) is 31.2 Å². The van der Waals surface area contributed by atoms with Crippen molar-refractivity contribution in [1.82, 2.24) is 4.90 Å². The zero-order chi connectivity index (χ0) is 12.8. The van der Waals surface area contributed by atoms with Crippen LogP contribution in [-0.4, -0.2) is 42.0 Å². The van der Waals surface area contributed by atoms with Gasteiger partial charge in [-0.15, -0.1) is 0 Å². The van der Waals surface area contributed by atoms with Gasteiger partial charge in [-0.05, 0) is 26.0 Å². The fourth-order valence-electron chi connectivity index (χ4n) is 1.70. The van der Waals surface area contributed by atoms with Crippen LogP contribution in [0.15, 0.2) is 24.3 Å². The van der Waals surface area contributed by atoms with Gasteiger partial charge in [0.05, 0.1) is 12.6 Å². The third-order valence-electron chi connectivity index (χ3n) is 3.14. The number of rotatable bonds is 6. The molecule has 0 spiro atoms. The highest BCUT2D eigenvalue weighted by Crippen LogP contribution is 2.10. The van der Waals surface area contributed by atoms with Crippen molar-refractivity contribution in [3.63, 3.8) is 0 Å². The van der Waals surface area contributed by atoms with E-state index in [1.807, 2.05) is 43.1 Å². The van der Waals surface area contributed by atoms with Crippen molar-refractivity contribution in [2.75, 3.05) is 20.2 Å². The summed E-state index contributed by atoms with van der Waals surface area (Å²) in [6.45, 7) is 4.54. The molecule has 0 saturated heterocycles. The van der Waals surface area contributed by atoms with Crippen LogP contribution in [0.2, 0.25) is 0 Å². The van der Waals surface area contributed by atoms with E-state index in [1.54, 1.807) is 0 Å². The Morgan fingerprint density at radius 1 is 1.35 bits per heavy atom. The number of aryl methyl sites for hydroxylation is 1. The Kier molecular flexibility index (Phi) is 5.32. The van der Waals surface area contributed by atoms with Crippen LogP contribution in [0.1, 0.15) is 29.8 Å². The number of likely N-dealkylation sites (N-methyl/N-ethyl adjacent to an activating group) is 1. The minimum absolute atomic E-state index is 0.0723. The Morgan fingerprint density at radius 2 is 1.94 bits per heavy atom. The number of carbonyl (C=O) groups is 1. The lowest BCUT2D eigenvalue weighted by Gasteiger charge is -2.22. The molecule has 0 heterocycles. The van der Waals surface area contributed by atoms with E-state index in [0.29, 0.717) is 6.54 Å². The Balaban J connectivity index is 2.74. The minimum Gasteiger partial charge on any atom is -0.395 e. The second kappa shape index (κ2) is 6.52. The predicted molar refractivity (Wildman–Crippen MR) is 69.3 cm³/mol. The van der Waals surface area contributed by atoms with Gasteiger partial charge in [0.1, 0.15) is 0 Å². The van der Waals surface area contributed by atoms with Crippen LogP contribution in [0.4, 0.5) is 0 Å². The summed E-state index contributed by atoms with van der Waals surface area (Å²) in [6.07, 6.45) is 0.981. The first-order valence-electron chi connectivity index (χ1n) is 6.04. The Hall–Kier alpha value is -1.19. The van der Waals surface area contributed by atoms with Crippen molar-refractivity contribution in [3.8, 4) is 0 Å². The summed E-state index contributed by atoms with van der Waals surface area (Å²) in [6, 6.07) is 7.54. The average Bonchev–Trinajstić information content (AvgIpc) is 2.37. The van der Waals surface area contributed by atoms with Crippen molar-refractivity contribution in [3.05, 3.63) is 35.4 Å². The molecule has 0 bridgehead atoms. The second-order valence-corrected chi connectivity index (χ2v) is 4.29. The molecule has 17 heavy (non-hydrogen) atoms. The fraction of sp³-hybridized carbons (Fsp3) is 0.500.